The topological polar surface area (TPSA) is 24.5 Å². The van der Waals surface area contributed by atoms with E-state index in [-0.39, 0.29) is 11.9 Å². The van der Waals surface area contributed by atoms with Crippen molar-refractivity contribution in [2.75, 3.05) is 26.2 Å². The monoisotopic (exact) mass is 294 g/mol. The van der Waals surface area contributed by atoms with E-state index < -0.39 is 0 Å². The van der Waals surface area contributed by atoms with Crippen molar-refractivity contribution in [1.29, 1.82) is 0 Å². The van der Waals surface area contributed by atoms with Gasteiger partial charge in [0.15, 0.2) is 0 Å². The largest absolute Gasteiger partial charge is 0.376 e. The molecular formula is C17H27FN2O. The van der Waals surface area contributed by atoms with Crippen LogP contribution in [0.15, 0.2) is 18.2 Å². The van der Waals surface area contributed by atoms with Gasteiger partial charge in [0.2, 0.25) is 0 Å². The fourth-order valence-electron chi connectivity index (χ4n) is 2.64. The molecule has 1 saturated heterocycles. The summed E-state index contributed by atoms with van der Waals surface area (Å²) in [7, 11) is 0. The van der Waals surface area contributed by atoms with Crippen LogP contribution in [0.1, 0.15) is 31.9 Å². The second-order valence-corrected chi connectivity index (χ2v) is 6.37. The molecule has 1 aliphatic heterocycles. The van der Waals surface area contributed by atoms with E-state index in [2.05, 4.69) is 31.0 Å². The van der Waals surface area contributed by atoms with Crippen LogP contribution in [-0.2, 0) is 17.8 Å². The van der Waals surface area contributed by atoms with Crippen LogP contribution in [0.4, 0.5) is 4.39 Å². The standard InChI is InChI=1S/C17H27FN2O/c1-13(2)9-19-10-15-4-5-17(18)16(8-15)12-20-6-7-21-14(3)11-20/h4-5,8,13-14,19H,6-7,9-12H2,1-3H3. The Kier molecular flexibility index (Phi) is 6.15. The first-order valence-electron chi connectivity index (χ1n) is 7.86. The lowest BCUT2D eigenvalue weighted by Gasteiger charge is -2.31. The summed E-state index contributed by atoms with van der Waals surface area (Å²) >= 11 is 0. The van der Waals surface area contributed by atoms with Crippen molar-refractivity contribution in [1.82, 2.24) is 10.2 Å². The molecule has 0 bridgehead atoms. The van der Waals surface area contributed by atoms with Gasteiger partial charge in [-0.2, -0.15) is 0 Å². The highest BCUT2D eigenvalue weighted by Gasteiger charge is 2.18. The maximum absolute atomic E-state index is 14.0. The molecule has 1 atom stereocenters. The molecule has 0 aromatic heterocycles. The highest BCUT2D eigenvalue weighted by Crippen LogP contribution is 2.15. The molecular weight excluding hydrogens is 267 g/mol. The number of ether oxygens (including phenoxy) is 1. The lowest BCUT2D eigenvalue weighted by Crippen LogP contribution is -2.40. The van der Waals surface area contributed by atoms with E-state index in [1.54, 1.807) is 6.07 Å². The first kappa shape index (κ1) is 16.4. The zero-order chi connectivity index (χ0) is 15.2. The van der Waals surface area contributed by atoms with E-state index in [0.717, 1.165) is 43.9 Å². The quantitative estimate of drug-likeness (QED) is 0.873. The van der Waals surface area contributed by atoms with Crippen molar-refractivity contribution in [2.45, 2.75) is 40.0 Å². The van der Waals surface area contributed by atoms with Crippen molar-refractivity contribution >= 4 is 0 Å². The second-order valence-electron chi connectivity index (χ2n) is 6.37. The summed E-state index contributed by atoms with van der Waals surface area (Å²) in [6.07, 6.45) is 0.234. The Morgan fingerprint density at radius 3 is 2.95 bits per heavy atom. The maximum atomic E-state index is 14.0. The first-order valence-corrected chi connectivity index (χ1v) is 7.86. The molecule has 4 heteroatoms. The summed E-state index contributed by atoms with van der Waals surface area (Å²) in [6, 6.07) is 5.45. The van der Waals surface area contributed by atoms with Crippen molar-refractivity contribution in [3.05, 3.63) is 35.1 Å². The minimum Gasteiger partial charge on any atom is -0.376 e. The minimum atomic E-state index is -0.109. The van der Waals surface area contributed by atoms with Gasteiger partial charge >= 0.3 is 0 Å². The highest BCUT2D eigenvalue weighted by atomic mass is 19.1. The number of hydrogen-bond acceptors (Lipinski definition) is 3. The van der Waals surface area contributed by atoms with Gasteiger partial charge in [0, 0.05) is 31.7 Å². The predicted molar refractivity (Wildman–Crippen MR) is 83.6 cm³/mol. The van der Waals surface area contributed by atoms with E-state index in [0.29, 0.717) is 12.5 Å². The van der Waals surface area contributed by atoms with E-state index in [4.69, 9.17) is 4.74 Å². The van der Waals surface area contributed by atoms with E-state index in [1.165, 1.54) is 0 Å². The molecule has 1 aromatic rings. The third-order valence-electron chi connectivity index (χ3n) is 3.71. The molecule has 3 nitrogen and oxygen atoms in total. The molecule has 118 valence electrons. The summed E-state index contributed by atoms with van der Waals surface area (Å²) in [6.45, 7) is 11.4. The van der Waals surface area contributed by atoms with Gasteiger partial charge in [-0.3, -0.25) is 4.90 Å². The van der Waals surface area contributed by atoms with Gasteiger partial charge < -0.3 is 10.1 Å². The van der Waals surface area contributed by atoms with E-state index in [9.17, 15) is 4.39 Å². The summed E-state index contributed by atoms with van der Waals surface area (Å²) in [5.74, 6) is 0.515. The zero-order valence-electron chi connectivity index (χ0n) is 13.4. The summed E-state index contributed by atoms with van der Waals surface area (Å²) < 4.78 is 19.5. The number of rotatable bonds is 6. The van der Waals surface area contributed by atoms with E-state index in [1.807, 2.05) is 12.1 Å². The summed E-state index contributed by atoms with van der Waals surface area (Å²) in [5, 5.41) is 3.40. The van der Waals surface area contributed by atoms with Crippen molar-refractivity contribution < 1.29 is 9.13 Å². The third kappa shape index (κ3) is 5.38. The smallest absolute Gasteiger partial charge is 0.127 e. The molecule has 0 radical (unpaired) electrons. The van der Waals surface area contributed by atoms with Crippen LogP contribution in [0.5, 0.6) is 0 Å². The van der Waals surface area contributed by atoms with Gasteiger partial charge in [0.05, 0.1) is 12.7 Å². The number of morpholine rings is 1. The predicted octanol–water partition coefficient (Wildman–Crippen LogP) is 2.79. The molecule has 1 N–H and O–H groups in total. The van der Waals surface area contributed by atoms with Gasteiger partial charge in [-0.05, 0) is 31.0 Å². The minimum absolute atomic E-state index is 0.109. The third-order valence-corrected chi connectivity index (χ3v) is 3.71. The molecule has 1 aliphatic rings. The van der Waals surface area contributed by atoms with Crippen LogP contribution in [0.2, 0.25) is 0 Å². The lowest BCUT2D eigenvalue weighted by atomic mass is 10.1. The Balaban J connectivity index is 1.94. The molecule has 0 amide bonds. The average Bonchev–Trinajstić information content (AvgIpc) is 2.42. The van der Waals surface area contributed by atoms with Crippen molar-refractivity contribution in [3.63, 3.8) is 0 Å². The molecule has 1 fully saturated rings. The Bertz CT molecular complexity index is 450. The van der Waals surface area contributed by atoms with Gasteiger partial charge in [-0.25, -0.2) is 4.39 Å². The van der Waals surface area contributed by atoms with Crippen LogP contribution < -0.4 is 5.32 Å². The first-order chi connectivity index (χ1) is 10.0. The number of nitrogens with one attached hydrogen (secondary N) is 1. The SMILES string of the molecule is CC(C)CNCc1ccc(F)c(CN2CCOC(C)C2)c1. The van der Waals surface area contributed by atoms with Gasteiger partial charge in [-0.1, -0.05) is 26.0 Å². The molecule has 2 rings (SSSR count). The number of hydrogen-bond donors (Lipinski definition) is 1. The average molecular weight is 294 g/mol. The fraction of sp³-hybridized carbons (Fsp3) is 0.647. The van der Waals surface area contributed by atoms with Crippen LogP contribution in [-0.4, -0.2) is 37.2 Å². The van der Waals surface area contributed by atoms with Crippen LogP contribution in [0.3, 0.4) is 0 Å². The van der Waals surface area contributed by atoms with Crippen molar-refractivity contribution in [2.24, 2.45) is 5.92 Å². The summed E-state index contributed by atoms with van der Waals surface area (Å²) in [4.78, 5) is 2.26. The Morgan fingerprint density at radius 1 is 1.43 bits per heavy atom. The Labute approximate surface area is 127 Å². The van der Waals surface area contributed by atoms with Crippen LogP contribution in [0, 0.1) is 11.7 Å². The van der Waals surface area contributed by atoms with Crippen LogP contribution >= 0.6 is 0 Å². The Hall–Kier alpha value is -0.970. The number of benzene rings is 1. The fourth-order valence-corrected chi connectivity index (χ4v) is 2.64. The van der Waals surface area contributed by atoms with E-state index >= 15 is 0 Å². The molecule has 0 spiro atoms. The maximum Gasteiger partial charge on any atom is 0.127 e. The molecule has 0 saturated carbocycles. The van der Waals surface area contributed by atoms with Crippen molar-refractivity contribution in [3.8, 4) is 0 Å². The second kappa shape index (κ2) is 7.87. The molecule has 0 aliphatic carbocycles. The Morgan fingerprint density at radius 2 is 2.24 bits per heavy atom. The highest BCUT2D eigenvalue weighted by molar-refractivity contribution is 5.25. The van der Waals surface area contributed by atoms with Crippen LogP contribution in [0.25, 0.3) is 0 Å². The van der Waals surface area contributed by atoms with Gasteiger partial charge in [-0.15, -0.1) is 0 Å². The molecule has 1 unspecified atom stereocenters. The molecule has 21 heavy (non-hydrogen) atoms. The number of nitrogens with zero attached hydrogens (tertiary/aromatic N) is 1. The molecule has 1 heterocycles. The van der Waals surface area contributed by atoms with Gasteiger partial charge in [0.1, 0.15) is 5.82 Å². The lowest BCUT2D eigenvalue weighted by molar-refractivity contribution is -0.0215. The zero-order valence-corrected chi connectivity index (χ0v) is 13.4. The van der Waals surface area contributed by atoms with Gasteiger partial charge in [0.25, 0.3) is 0 Å². The number of halogens is 1. The molecule has 1 aromatic carbocycles. The summed E-state index contributed by atoms with van der Waals surface area (Å²) in [5.41, 5.74) is 1.93. The normalized spacial score (nSPS) is 20.1.